The molecule has 3 aromatic rings. The van der Waals surface area contributed by atoms with Crippen LogP contribution in [0.2, 0.25) is 0 Å². The molecule has 0 saturated heterocycles. The van der Waals surface area contributed by atoms with Gasteiger partial charge in [0.1, 0.15) is 11.5 Å². The van der Waals surface area contributed by atoms with E-state index < -0.39 is 10.0 Å². The van der Waals surface area contributed by atoms with E-state index in [-0.39, 0.29) is 10.6 Å². The predicted molar refractivity (Wildman–Crippen MR) is 112 cm³/mol. The number of hydrogen-bond donors (Lipinski definition) is 2. The van der Waals surface area contributed by atoms with E-state index in [4.69, 9.17) is 4.74 Å². The summed E-state index contributed by atoms with van der Waals surface area (Å²) in [5.41, 5.74) is 2.98. The molecule has 29 heavy (non-hydrogen) atoms. The van der Waals surface area contributed by atoms with Crippen LogP contribution in [0.15, 0.2) is 75.8 Å². The Morgan fingerprint density at radius 1 is 0.862 bits per heavy atom. The number of aryl methyl sites for hydroxylation is 2. The van der Waals surface area contributed by atoms with Gasteiger partial charge in [-0.3, -0.25) is 4.72 Å². The zero-order chi connectivity index (χ0) is 21.0. The molecule has 0 spiro atoms. The summed E-state index contributed by atoms with van der Waals surface area (Å²) in [7, 11) is -2.18. The third-order valence-electron chi connectivity index (χ3n) is 4.25. The lowest BCUT2D eigenvalue weighted by Gasteiger charge is -2.09. The maximum absolute atomic E-state index is 12.5. The van der Waals surface area contributed by atoms with Crippen LogP contribution >= 0.6 is 0 Å². The van der Waals surface area contributed by atoms with Gasteiger partial charge >= 0.3 is 0 Å². The van der Waals surface area contributed by atoms with Gasteiger partial charge in [-0.25, -0.2) is 8.42 Å². The molecule has 0 unspecified atom stereocenters. The fourth-order valence-electron chi connectivity index (χ4n) is 2.67. The van der Waals surface area contributed by atoms with Gasteiger partial charge in [-0.05, 0) is 85.6 Å². The van der Waals surface area contributed by atoms with Gasteiger partial charge < -0.3 is 9.84 Å². The number of sulfonamides is 1. The van der Waals surface area contributed by atoms with Crippen LogP contribution in [-0.4, -0.2) is 20.6 Å². The van der Waals surface area contributed by atoms with Gasteiger partial charge in [0.05, 0.1) is 23.4 Å². The maximum Gasteiger partial charge on any atom is 0.261 e. The highest BCUT2D eigenvalue weighted by Gasteiger charge is 2.14. The molecular weight excluding hydrogens is 390 g/mol. The lowest BCUT2D eigenvalue weighted by Crippen LogP contribution is -2.12. The summed E-state index contributed by atoms with van der Waals surface area (Å²) in [6.07, 6.45) is 0. The molecule has 150 valence electrons. The fraction of sp³-hybridized carbons (Fsp3) is 0.143. The number of phenols is 1. The van der Waals surface area contributed by atoms with Crippen LogP contribution < -0.4 is 9.46 Å². The number of benzene rings is 3. The van der Waals surface area contributed by atoms with E-state index in [1.165, 1.54) is 12.1 Å². The number of nitrogens with zero attached hydrogens (tertiary/aromatic N) is 2. The summed E-state index contributed by atoms with van der Waals surface area (Å²) < 4.78 is 32.6. The number of azo groups is 1. The molecule has 7 nitrogen and oxygen atoms in total. The predicted octanol–water partition coefficient (Wildman–Crippen LogP) is 5.23. The Balaban J connectivity index is 1.74. The molecule has 0 radical (unpaired) electrons. The van der Waals surface area contributed by atoms with Gasteiger partial charge in [-0.15, -0.1) is 0 Å². The van der Waals surface area contributed by atoms with E-state index in [1.807, 2.05) is 0 Å². The van der Waals surface area contributed by atoms with E-state index in [1.54, 1.807) is 69.5 Å². The molecule has 0 saturated carbocycles. The van der Waals surface area contributed by atoms with Gasteiger partial charge in [-0.2, -0.15) is 10.2 Å². The molecule has 2 N–H and O–H groups in total. The largest absolute Gasteiger partial charge is 0.507 e. The Labute approximate surface area is 169 Å². The van der Waals surface area contributed by atoms with Crippen LogP contribution in [-0.2, 0) is 10.0 Å². The zero-order valence-electron chi connectivity index (χ0n) is 16.2. The second kappa shape index (κ2) is 8.32. The Bertz CT molecular complexity index is 1120. The van der Waals surface area contributed by atoms with Crippen molar-refractivity contribution in [3.63, 3.8) is 0 Å². The highest BCUT2D eigenvalue weighted by atomic mass is 32.2. The average Bonchev–Trinajstić information content (AvgIpc) is 2.71. The molecule has 3 aromatic carbocycles. The first kappa shape index (κ1) is 20.3. The average molecular weight is 411 g/mol. The standard InChI is InChI=1S/C21H21N3O4S/c1-14-12-18(13-15(2)21(14)25)23-22-16-6-10-20(11-7-16)29(26,27)24-17-4-8-19(28-3)9-5-17/h4-13,24-25H,1-3H3. The molecule has 0 fully saturated rings. The maximum atomic E-state index is 12.5. The van der Waals surface area contributed by atoms with Crippen molar-refractivity contribution in [2.45, 2.75) is 18.7 Å². The number of methoxy groups -OCH3 is 1. The van der Waals surface area contributed by atoms with Crippen molar-refractivity contribution >= 4 is 27.1 Å². The van der Waals surface area contributed by atoms with Crippen LogP contribution in [0.1, 0.15) is 11.1 Å². The van der Waals surface area contributed by atoms with Crippen LogP contribution in [0, 0.1) is 13.8 Å². The van der Waals surface area contributed by atoms with Crippen molar-refractivity contribution in [2.75, 3.05) is 11.8 Å². The minimum atomic E-state index is -3.72. The van der Waals surface area contributed by atoms with Crippen molar-refractivity contribution in [3.05, 3.63) is 71.8 Å². The van der Waals surface area contributed by atoms with Crippen LogP contribution in [0.25, 0.3) is 0 Å². The minimum Gasteiger partial charge on any atom is -0.507 e. The molecular formula is C21H21N3O4S. The summed E-state index contributed by atoms with van der Waals surface area (Å²) in [6.45, 7) is 3.58. The monoisotopic (exact) mass is 411 g/mol. The van der Waals surface area contributed by atoms with Gasteiger partial charge in [0.2, 0.25) is 0 Å². The van der Waals surface area contributed by atoms with E-state index in [9.17, 15) is 13.5 Å². The van der Waals surface area contributed by atoms with Crippen molar-refractivity contribution in [1.82, 2.24) is 0 Å². The van der Waals surface area contributed by atoms with Crippen molar-refractivity contribution in [2.24, 2.45) is 10.2 Å². The molecule has 0 aliphatic heterocycles. The number of hydrogen-bond acceptors (Lipinski definition) is 6. The van der Waals surface area contributed by atoms with Crippen LogP contribution in [0.4, 0.5) is 17.1 Å². The summed E-state index contributed by atoms with van der Waals surface area (Å²) in [6, 6.07) is 16.1. The number of phenolic OH excluding ortho intramolecular Hbond substituents is 1. The quantitative estimate of drug-likeness (QED) is 0.542. The smallest absolute Gasteiger partial charge is 0.261 e. The van der Waals surface area contributed by atoms with Crippen molar-refractivity contribution in [1.29, 1.82) is 0 Å². The molecule has 0 bridgehead atoms. The third kappa shape index (κ3) is 4.91. The molecule has 0 aromatic heterocycles. The van der Waals surface area contributed by atoms with Gasteiger partial charge in [0.15, 0.2) is 0 Å². The van der Waals surface area contributed by atoms with Gasteiger partial charge in [-0.1, -0.05) is 0 Å². The minimum absolute atomic E-state index is 0.114. The van der Waals surface area contributed by atoms with Gasteiger partial charge in [0.25, 0.3) is 10.0 Å². The van der Waals surface area contributed by atoms with E-state index in [0.717, 1.165) is 0 Å². The molecule has 0 aliphatic carbocycles. The zero-order valence-corrected chi connectivity index (χ0v) is 17.1. The van der Waals surface area contributed by atoms with Gasteiger partial charge in [0, 0.05) is 5.69 Å². The lowest BCUT2D eigenvalue weighted by atomic mass is 10.1. The van der Waals surface area contributed by atoms with E-state index in [0.29, 0.717) is 33.9 Å². The number of aromatic hydroxyl groups is 1. The first-order valence-corrected chi connectivity index (χ1v) is 10.3. The highest BCUT2D eigenvalue weighted by Crippen LogP contribution is 2.28. The van der Waals surface area contributed by atoms with Crippen molar-refractivity contribution < 1.29 is 18.3 Å². The second-order valence-electron chi connectivity index (χ2n) is 6.46. The Morgan fingerprint density at radius 2 is 1.41 bits per heavy atom. The van der Waals surface area contributed by atoms with Crippen molar-refractivity contribution in [3.8, 4) is 11.5 Å². The van der Waals surface area contributed by atoms with E-state index >= 15 is 0 Å². The molecule has 0 aliphatic rings. The molecule has 0 atom stereocenters. The summed E-state index contributed by atoms with van der Waals surface area (Å²) in [5, 5.41) is 18.1. The molecule has 8 heteroatoms. The number of rotatable bonds is 6. The number of anilines is 1. The molecule has 0 heterocycles. The number of nitrogens with one attached hydrogen (secondary N) is 1. The summed E-state index contributed by atoms with van der Waals surface area (Å²) in [4.78, 5) is 0.114. The topological polar surface area (TPSA) is 100 Å². The van der Waals surface area contributed by atoms with Crippen LogP contribution in [0.5, 0.6) is 11.5 Å². The summed E-state index contributed by atoms with van der Waals surface area (Å²) in [5.74, 6) is 0.879. The second-order valence-corrected chi connectivity index (χ2v) is 8.14. The Kier molecular flexibility index (Phi) is 5.84. The first-order chi connectivity index (χ1) is 13.8. The first-order valence-electron chi connectivity index (χ1n) is 8.77. The lowest BCUT2D eigenvalue weighted by molar-refractivity contribution is 0.415. The fourth-order valence-corrected chi connectivity index (χ4v) is 3.73. The normalized spacial score (nSPS) is 11.6. The SMILES string of the molecule is COc1ccc(NS(=O)(=O)c2ccc(N=Nc3cc(C)c(O)c(C)c3)cc2)cc1. The highest BCUT2D eigenvalue weighted by molar-refractivity contribution is 7.92. The van der Waals surface area contributed by atoms with E-state index in [2.05, 4.69) is 15.0 Å². The Morgan fingerprint density at radius 3 is 1.97 bits per heavy atom. The summed E-state index contributed by atoms with van der Waals surface area (Å²) >= 11 is 0. The molecule has 3 rings (SSSR count). The van der Waals surface area contributed by atoms with Crippen LogP contribution in [0.3, 0.4) is 0 Å². The third-order valence-corrected chi connectivity index (χ3v) is 5.64. The Hall–Kier alpha value is -3.39. The number of ether oxygens (including phenoxy) is 1. The molecule has 0 amide bonds.